The van der Waals surface area contributed by atoms with Crippen LogP contribution in [-0.2, 0) is 11.5 Å². The molecule has 1 aliphatic carbocycles. The number of benzene rings is 2. The zero-order valence-electron chi connectivity index (χ0n) is 16.9. The van der Waals surface area contributed by atoms with Gasteiger partial charge in [0.15, 0.2) is 0 Å². The van der Waals surface area contributed by atoms with Crippen molar-refractivity contribution in [2.75, 3.05) is 14.2 Å². The van der Waals surface area contributed by atoms with Crippen LogP contribution in [0.5, 0.6) is 11.5 Å². The number of methoxy groups -OCH3 is 2. The van der Waals surface area contributed by atoms with Crippen LogP contribution in [0.4, 0.5) is 0 Å². The van der Waals surface area contributed by atoms with Crippen molar-refractivity contribution in [1.82, 2.24) is 4.98 Å². The van der Waals surface area contributed by atoms with E-state index in [2.05, 4.69) is 35.8 Å². The van der Waals surface area contributed by atoms with Crippen LogP contribution in [0.1, 0.15) is 35.4 Å². The maximum Gasteiger partial charge on any atom is 0.118 e. The lowest BCUT2D eigenvalue weighted by Crippen LogP contribution is -1.90. The highest BCUT2D eigenvalue weighted by Crippen LogP contribution is 2.43. The summed E-state index contributed by atoms with van der Waals surface area (Å²) in [7, 11) is 3.36. The van der Waals surface area contributed by atoms with E-state index >= 15 is 0 Å². The van der Waals surface area contributed by atoms with E-state index in [0.717, 1.165) is 28.9 Å². The summed E-state index contributed by atoms with van der Waals surface area (Å²) < 4.78 is 10.2. The number of rotatable bonds is 7. The molecular formula is C24H27NO2S2. The molecule has 29 heavy (non-hydrogen) atoms. The van der Waals surface area contributed by atoms with Crippen molar-refractivity contribution in [2.24, 2.45) is 0 Å². The van der Waals surface area contributed by atoms with Crippen molar-refractivity contribution in [3.05, 3.63) is 83.6 Å². The smallest absolute Gasteiger partial charge is 0.118 e. The molecule has 1 aromatic heterocycles. The summed E-state index contributed by atoms with van der Waals surface area (Å²) in [5, 5.41) is 1.20. The normalized spacial score (nSPS) is 12.7. The molecule has 3 aromatic rings. The molecule has 0 N–H and O–H groups in total. The van der Waals surface area contributed by atoms with Gasteiger partial charge in [-0.3, -0.25) is 0 Å². The summed E-state index contributed by atoms with van der Waals surface area (Å²) >= 11 is 5.96. The summed E-state index contributed by atoms with van der Waals surface area (Å²) in [5.74, 6) is 4.30. The topological polar surface area (TPSA) is 31.4 Å². The number of aromatic nitrogens is 1. The maximum atomic E-state index is 5.17. The van der Waals surface area contributed by atoms with Crippen molar-refractivity contribution in [2.45, 2.75) is 35.3 Å². The molecule has 0 aliphatic heterocycles. The maximum absolute atomic E-state index is 5.17. The summed E-state index contributed by atoms with van der Waals surface area (Å²) in [6.45, 7) is 0. The number of ether oxygens (including phenoxy) is 2. The fourth-order valence-electron chi connectivity index (χ4n) is 2.83. The molecule has 1 aliphatic rings. The second kappa shape index (κ2) is 11.2. The lowest BCUT2D eigenvalue weighted by atomic mass is 10.2. The van der Waals surface area contributed by atoms with Crippen LogP contribution >= 0.6 is 24.4 Å². The average molecular weight is 426 g/mol. The predicted octanol–water partition coefficient (Wildman–Crippen LogP) is 6.38. The third kappa shape index (κ3) is 6.72. The van der Waals surface area contributed by atoms with Crippen molar-refractivity contribution >= 4 is 24.4 Å². The molecule has 0 spiro atoms. The number of hydrogen-bond donors (Lipinski definition) is 1. The molecule has 1 saturated carbocycles. The van der Waals surface area contributed by atoms with E-state index in [1.54, 1.807) is 14.2 Å². The van der Waals surface area contributed by atoms with E-state index in [9.17, 15) is 0 Å². The van der Waals surface area contributed by atoms with Crippen LogP contribution in [0.2, 0.25) is 0 Å². The van der Waals surface area contributed by atoms with Gasteiger partial charge in [-0.1, -0.05) is 30.3 Å². The van der Waals surface area contributed by atoms with Gasteiger partial charge in [0.1, 0.15) is 11.5 Å². The van der Waals surface area contributed by atoms with Gasteiger partial charge in [-0.05, 0) is 65.8 Å². The Kier molecular flexibility index (Phi) is 8.32. The van der Waals surface area contributed by atoms with Gasteiger partial charge in [0.05, 0.1) is 19.2 Å². The van der Waals surface area contributed by atoms with Gasteiger partial charge < -0.3 is 9.47 Å². The monoisotopic (exact) mass is 425 g/mol. The second-order valence-electron chi connectivity index (χ2n) is 6.81. The minimum absolute atomic E-state index is 0.757. The molecule has 1 fully saturated rings. The standard InChI is InChI=1S/C16H17NOS.C8H10OS/c1-18-14-8-4-12(5-9-14)11-19-16-15(13-6-7-13)3-2-10-17-16;1-9-8-4-2-7(6-10)3-5-8/h2-5,8-10,13H,6-7,11H2,1H3;2-5,10H,6H2,1H3. The van der Waals surface area contributed by atoms with E-state index in [1.807, 2.05) is 60.4 Å². The molecular weight excluding hydrogens is 398 g/mol. The van der Waals surface area contributed by atoms with Crippen LogP contribution in [0.15, 0.2) is 71.9 Å². The molecule has 0 atom stereocenters. The van der Waals surface area contributed by atoms with Crippen LogP contribution in [0.3, 0.4) is 0 Å². The fourth-order valence-corrected chi connectivity index (χ4v) is 4.08. The van der Waals surface area contributed by atoms with E-state index in [1.165, 1.54) is 34.6 Å². The molecule has 0 radical (unpaired) electrons. The molecule has 0 bridgehead atoms. The molecule has 4 rings (SSSR count). The Morgan fingerprint density at radius 1 is 0.897 bits per heavy atom. The Balaban J connectivity index is 0.000000204. The Hall–Kier alpha value is -2.11. The minimum Gasteiger partial charge on any atom is -0.497 e. The summed E-state index contributed by atoms with van der Waals surface area (Å²) in [5.41, 5.74) is 3.95. The summed E-state index contributed by atoms with van der Waals surface area (Å²) in [6, 6.07) is 20.4. The van der Waals surface area contributed by atoms with Gasteiger partial charge >= 0.3 is 0 Å². The van der Waals surface area contributed by atoms with Crippen LogP contribution < -0.4 is 9.47 Å². The average Bonchev–Trinajstić information content (AvgIpc) is 3.64. The largest absolute Gasteiger partial charge is 0.497 e. The van der Waals surface area contributed by atoms with E-state index in [4.69, 9.17) is 9.47 Å². The third-order valence-electron chi connectivity index (χ3n) is 4.69. The second-order valence-corrected chi connectivity index (χ2v) is 8.10. The van der Waals surface area contributed by atoms with Gasteiger partial charge in [0.25, 0.3) is 0 Å². The molecule has 0 saturated heterocycles. The van der Waals surface area contributed by atoms with Crippen LogP contribution in [0, 0.1) is 0 Å². The lowest BCUT2D eigenvalue weighted by molar-refractivity contribution is 0.414. The van der Waals surface area contributed by atoms with Crippen LogP contribution in [0.25, 0.3) is 0 Å². The quantitative estimate of drug-likeness (QED) is 0.351. The van der Waals surface area contributed by atoms with Gasteiger partial charge in [-0.2, -0.15) is 12.6 Å². The first-order valence-corrected chi connectivity index (χ1v) is 11.3. The van der Waals surface area contributed by atoms with Gasteiger partial charge in [-0.25, -0.2) is 4.98 Å². The predicted molar refractivity (Wildman–Crippen MR) is 124 cm³/mol. The highest BCUT2D eigenvalue weighted by Gasteiger charge is 2.26. The fraction of sp³-hybridized carbons (Fsp3) is 0.292. The Morgan fingerprint density at radius 3 is 2.00 bits per heavy atom. The lowest BCUT2D eigenvalue weighted by Gasteiger charge is -2.07. The zero-order chi connectivity index (χ0) is 20.5. The minimum atomic E-state index is 0.757. The molecule has 0 amide bonds. The number of nitrogens with zero attached hydrogens (tertiary/aromatic N) is 1. The zero-order valence-corrected chi connectivity index (χ0v) is 18.6. The highest BCUT2D eigenvalue weighted by atomic mass is 32.2. The molecule has 5 heteroatoms. The third-order valence-corrected chi connectivity index (χ3v) is 6.15. The van der Waals surface area contributed by atoms with Crippen LogP contribution in [-0.4, -0.2) is 19.2 Å². The molecule has 3 nitrogen and oxygen atoms in total. The van der Waals surface area contributed by atoms with E-state index < -0.39 is 0 Å². The number of pyridine rings is 1. The van der Waals surface area contributed by atoms with Gasteiger partial charge in [0, 0.05) is 17.7 Å². The van der Waals surface area contributed by atoms with Crippen molar-refractivity contribution in [3.8, 4) is 11.5 Å². The van der Waals surface area contributed by atoms with Crippen molar-refractivity contribution < 1.29 is 9.47 Å². The molecule has 1 heterocycles. The highest BCUT2D eigenvalue weighted by molar-refractivity contribution is 7.98. The Morgan fingerprint density at radius 2 is 1.48 bits per heavy atom. The first-order valence-electron chi connectivity index (χ1n) is 9.68. The van der Waals surface area contributed by atoms with Gasteiger partial charge in [-0.15, -0.1) is 11.8 Å². The molecule has 152 valence electrons. The first-order chi connectivity index (χ1) is 14.2. The number of thiol groups is 1. The first kappa shape index (κ1) is 21.6. The van der Waals surface area contributed by atoms with Crippen molar-refractivity contribution in [3.63, 3.8) is 0 Å². The summed E-state index contributed by atoms with van der Waals surface area (Å²) in [4.78, 5) is 4.53. The Labute approximate surface area is 183 Å². The molecule has 2 aromatic carbocycles. The number of hydrogen-bond acceptors (Lipinski definition) is 5. The molecule has 0 unspecified atom stereocenters. The van der Waals surface area contributed by atoms with Crippen molar-refractivity contribution in [1.29, 1.82) is 0 Å². The summed E-state index contributed by atoms with van der Waals surface area (Å²) in [6.07, 6.45) is 4.53. The van der Waals surface area contributed by atoms with E-state index in [0.29, 0.717) is 0 Å². The number of thioether (sulfide) groups is 1. The van der Waals surface area contributed by atoms with E-state index in [-0.39, 0.29) is 0 Å². The SMILES string of the molecule is COc1ccc(CS)cc1.COc1ccc(CSc2ncccc2C2CC2)cc1. The Bertz CT molecular complexity index is 855. The van der Waals surface area contributed by atoms with Gasteiger partial charge in [0.2, 0.25) is 0 Å².